The minimum Gasteiger partial charge on any atom is -0.293 e. The molecule has 2 N–H and O–H groups in total. The molecule has 5 heteroatoms. The Hall–Kier alpha value is -1.36. The molecule has 0 fully saturated rings. The molecule has 1 aromatic heterocycles. The molecule has 0 amide bonds. The van der Waals surface area contributed by atoms with Crippen LogP contribution in [0, 0.1) is 0 Å². The maximum Gasteiger partial charge on any atom is 0.340 e. The second kappa shape index (κ2) is 3.79. The molecule has 0 saturated heterocycles. The van der Waals surface area contributed by atoms with Crippen LogP contribution in [0.15, 0.2) is 33.5 Å². The Labute approximate surface area is 88.5 Å². The Morgan fingerprint density at radius 3 is 2.57 bits per heavy atom. The van der Waals surface area contributed by atoms with Crippen molar-refractivity contribution in [1.29, 1.82) is 0 Å². The summed E-state index contributed by atoms with van der Waals surface area (Å²) < 4.78 is 1.04. The molecule has 0 saturated carbocycles. The van der Waals surface area contributed by atoms with Gasteiger partial charge in [0.25, 0.3) is 0 Å². The highest BCUT2D eigenvalue weighted by Crippen LogP contribution is 2.11. The van der Waals surface area contributed by atoms with Gasteiger partial charge in [-0.3, -0.25) is 4.98 Å². The first-order valence-electron chi connectivity index (χ1n) is 4.12. The van der Waals surface area contributed by atoms with E-state index in [1.165, 1.54) is 0 Å². The van der Waals surface area contributed by atoms with Gasteiger partial charge in [-0.2, -0.15) is 5.10 Å². The number of nitrogens with one attached hydrogen (secondary N) is 2. The molecule has 14 heavy (non-hydrogen) atoms. The van der Waals surface area contributed by atoms with E-state index in [1.807, 2.05) is 24.3 Å². The third kappa shape index (κ3) is 2.11. The minimum atomic E-state index is -0.267. The number of aromatic nitrogens is 3. The van der Waals surface area contributed by atoms with E-state index in [2.05, 4.69) is 31.1 Å². The second-order valence-electron chi connectivity index (χ2n) is 2.93. The van der Waals surface area contributed by atoms with Crippen molar-refractivity contribution in [2.45, 2.75) is 6.42 Å². The van der Waals surface area contributed by atoms with Gasteiger partial charge in [-0.25, -0.2) is 9.89 Å². The van der Waals surface area contributed by atoms with Crippen molar-refractivity contribution in [1.82, 2.24) is 15.2 Å². The molecule has 0 spiro atoms. The van der Waals surface area contributed by atoms with Crippen LogP contribution in [0.1, 0.15) is 11.4 Å². The minimum absolute atomic E-state index is 0.267. The Morgan fingerprint density at radius 1 is 1.29 bits per heavy atom. The third-order valence-corrected chi connectivity index (χ3v) is 2.36. The summed E-state index contributed by atoms with van der Waals surface area (Å²) in [5.74, 6) is 0.650. The number of halogens is 1. The van der Waals surface area contributed by atoms with Crippen molar-refractivity contribution in [2.24, 2.45) is 0 Å². The number of rotatable bonds is 2. The second-order valence-corrected chi connectivity index (χ2v) is 3.84. The fourth-order valence-electron chi connectivity index (χ4n) is 1.18. The average molecular weight is 254 g/mol. The van der Waals surface area contributed by atoms with Crippen LogP contribution in [-0.2, 0) is 6.42 Å². The first-order chi connectivity index (χ1) is 6.74. The van der Waals surface area contributed by atoms with E-state index in [0.717, 1.165) is 10.0 Å². The van der Waals surface area contributed by atoms with E-state index < -0.39 is 0 Å². The highest BCUT2D eigenvalue weighted by atomic mass is 79.9. The largest absolute Gasteiger partial charge is 0.340 e. The van der Waals surface area contributed by atoms with E-state index in [-0.39, 0.29) is 5.69 Å². The third-order valence-electron chi connectivity index (χ3n) is 1.84. The summed E-state index contributed by atoms with van der Waals surface area (Å²) in [6.07, 6.45) is 0.631. The molecule has 0 atom stereocenters. The van der Waals surface area contributed by atoms with Crippen molar-refractivity contribution in [2.75, 3.05) is 0 Å². The summed E-state index contributed by atoms with van der Waals surface area (Å²) in [7, 11) is 0. The van der Waals surface area contributed by atoms with E-state index in [0.29, 0.717) is 12.2 Å². The van der Waals surface area contributed by atoms with Crippen LogP contribution in [0.3, 0.4) is 0 Å². The molecule has 4 nitrogen and oxygen atoms in total. The van der Waals surface area contributed by atoms with E-state index in [1.54, 1.807) is 0 Å². The van der Waals surface area contributed by atoms with Crippen LogP contribution in [0.5, 0.6) is 0 Å². The van der Waals surface area contributed by atoms with Gasteiger partial charge in [-0.15, -0.1) is 0 Å². The summed E-state index contributed by atoms with van der Waals surface area (Å²) in [6, 6.07) is 7.88. The van der Waals surface area contributed by atoms with Crippen LogP contribution in [0.25, 0.3) is 0 Å². The number of aromatic amines is 2. The standard InChI is InChI=1S/C9H8BrN3O/c10-7-3-1-6(2-4-7)5-8-11-9(14)13-12-8/h1-4H,5H2,(H2,11,12,13,14). The number of hydrogen-bond donors (Lipinski definition) is 2. The van der Waals surface area contributed by atoms with Gasteiger partial charge < -0.3 is 0 Å². The van der Waals surface area contributed by atoms with E-state index >= 15 is 0 Å². The van der Waals surface area contributed by atoms with Gasteiger partial charge in [0, 0.05) is 10.9 Å². The monoisotopic (exact) mass is 253 g/mol. The molecule has 0 bridgehead atoms. The molecule has 0 aliphatic carbocycles. The summed E-state index contributed by atoms with van der Waals surface area (Å²) >= 11 is 3.36. The first kappa shape index (κ1) is 9.21. The lowest BCUT2D eigenvalue weighted by molar-refractivity contribution is 0.970. The van der Waals surface area contributed by atoms with Crippen molar-refractivity contribution < 1.29 is 0 Å². The zero-order valence-electron chi connectivity index (χ0n) is 7.25. The molecule has 0 radical (unpaired) electrons. The Bertz CT molecular complexity index is 471. The Kier molecular flexibility index (Phi) is 2.49. The van der Waals surface area contributed by atoms with Crippen LogP contribution >= 0.6 is 15.9 Å². The van der Waals surface area contributed by atoms with Crippen molar-refractivity contribution >= 4 is 15.9 Å². The van der Waals surface area contributed by atoms with Gasteiger partial charge in [0.1, 0.15) is 5.82 Å². The molecule has 72 valence electrons. The topological polar surface area (TPSA) is 61.5 Å². The number of H-pyrrole nitrogens is 2. The van der Waals surface area contributed by atoms with Crippen LogP contribution in [0.4, 0.5) is 0 Å². The van der Waals surface area contributed by atoms with Crippen LogP contribution in [0.2, 0.25) is 0 Å². The van der Waals surface area contributed by atoms with Gasteiger partial charge in [-0.1, -0.05) is 28.1 Å². The van der Waals surface area contributed by atoms with Gasteiger partial charge in [0.15, 0.2) is 0 Å². The molecule has 0 unspecified atom stereocenters. The predicted octanol–water partition coefficient (Wildman–Crippen LogP) is 1.45. The molecule has 2 rings (SSSR count). The highest BCUT2D eigenvalue weighted by Gasteiger charge is 1.99. The average Bonchev–Trinajstić information content (AvgIpc) is 2.56. The lowest BCUT2D eigenvalue weighted by Gasteiger charge is -1.96. The molecule has 0 aliphatic heterocycles. The molecule has 2 aromatic rings. The fraction of sp³-hybridized carbons (Fsp3) is 0.111. The maximum atomic E-state index is 10.8. The van der Waals surface area contributed by atoms with Gasteiger partial charge in [0.2, 0.25) is 0 Å². The normalized spacial score (nSPS) is 10.4. The lowest BCUT2D eigenvalue weighted by Crippen LogP contribution is -2.01. The summed E-state index contributed by atoms with van der Waals surface area (Å²) in [5.41, 5.74) is 0.841. The predicted molar refractivity (Wildman–Crippen MR) is 56.2 cm³/mol. The molecular formula is C9H8BrN3O. The lowest BCUT2D eigenvalue weighted by atomic mass is 10.1. The smallest absolute Gasteiger partial charge is 0.293 e. The zero-order valence-corrected chi connectivity index (χ0v) is 8.84. The van der Waals surface area contributed by atoms with Crippen molar-refractivity contribution in [3.63, 3.8) is 0 Å². The van der Waals surface area contributed by atoms with Gasteiger partial charge in [-0.05, 0) is 17.7 Å². The molecule has 1 aromatic carbocycles. The highest BCUT2D eigenvalue weighted by molar-refractivity contribution is 9.10. The SMILES string of the molecule is O=c1[nH]nc(Cc2ccc(Br)cc2)[nH]1. The number of hydrogen-bond acceptors (Lipinski definition) is 2. The number of nitrogens with zero attached hydrogens (tertiary/aromatic N) is 1. The fourth-order valence-corrected chi connectivity index (χ4v) is 1.45. The Morgan fingerprint density at radius 2 is 2.00 bits per heavy atom. The Balaban J connectivity index is 2.19. The van der Waals surface area contributed by atoms with Crippen LogP contribution < -0.4 is 5.69 Å². The van der Waals surface area contributed by atoms with Gasteiger partial charge >= 0.3 is 5.69 Å². The summed E-state index contributed by atoms with van der Waals surface area (Å²) in [6.45, 7) is 0. The summed E-state index contributed by atoms with van der Waals surface area (Å²) in [4.78, 5) is 13.4. The van der Waals surface area contributed by atoms with E-state index in [4.69, 9.17) is 0 Å². The van der Waals surface area contributed by atoms with Crippen molar-refractivity contribution in [3.8, 4) is 0 Å². The van der Waals surface area contributed by atoms with Gasteiger partial charge in [0.05, 0.1) is 0 Å². The maximum absolute atomic E-state index is 10.8. The van der Waals surface area contributed by atoms with Crippen LogP contribution in [-0.4, -0.2) is 15.2 Å². The zero-order chi connectivity index (χ0) is 9.97. The van der Waals surface area contributed by atoms with Crippen molar-refractivity contribution in [3.05, 3.63) is 50.6 Å². The van der Waals surface area contributed by atoms with E-state index in [9.17, 15) is 4.79 Å². The number of benzene rings is 1. The molecular weight excluding hydrogens is 246 g/mol. The molecule has 0 aliphatic rings. The molecule has 1 heterocycles. The summed E-state index contributed by atoms with van der Waals surface area (Å²) in [5, 5.41) is 6.16. The quantitative estimate of drug-likeness (QED) is 0.852. The first-order valence-corrected chi connectivity index (χ1v) is 4.91.